The summed E-state index contributed by atoms with van der Waals surface area (Å²) in [7, 11) is -7.58. The number of rotatable bonds is 19. The van der Waals surface area contributed by atoms with Crippen LogP contribution in [0.1, 0.15) is 96.8 Å². The third kappa shape index (κ3) is 22.6. The quantitative estimate of drug-likeness (QED) is 0.0771. The molecule has 0 aromatic heterocycles. The van der Waals surface area contributed by atoms with Gasteiger partial charge in [-0.1, -0.05) is 39.0 Å². The van der Waals surface area contributed by atoms with Gasteiger partial charge in [0.05, 0.1) is 0 Å². The third-order valence-electron chi connectivity index (χ3n) is 5.17. The number of carbonyl (C=O) groups excluding carboxylic acids is 1. The van der Waals surface area contributed by atoms with Crippen LogP contribution in [-0.4, -0.2) is 57.4 Å². The van der Waals surface area contributed by atoms with E-state index in [2.05, 4.69) is 19.1 Å². The largest absolute Gasteiger partial charge is 0.394 e. The molecule has 0 saturated carbocycles. The number of aliphatic hydroxyl groups excluding tert-OH is 3. The van der Waals surface area contributed by atoms with E-state index in [0.29, 0.717) is 6.42 Å². The molecule has 0 unspecified atom stereocenters. The molecule has 0 spiro atoms. The molecule has 188 valence electrons. The molecule has 10 heteroatoms. The number of hydrogen-bond acceptors (Lipinski definition) is 6. The maximum Gasteiger partial charge on any atom is 0.394 e. The zero-order valence-corrected chi connectivity index (χ0v) is 20.9. The second-order valence-electron chi connectivity index (χ2n) is 7.96. The average Bonchev–Trinajstić information content (AvgIpc) is 2.71. The molecule has 0 fully saturated rings. The summed E-state index contributed by atoms with van der Waals surface area (Å²) >= 11 is 0. The molecule has 0 aliphatic rings. The molecule has 0 aromatic rings. The Labute approximate surface area is 189 Å². The summed E-state index contributed by atoms with van der Waals surface area (Å²) in [6.45, 7) is 2.25. The summed E-state index contributed by atoms with van der Waals surface area (Å²) in [5.74, 6) is 0. The van der Waals surface area contributed by atoms with Gasteiger partial charge in [-0.3, -0.25) is 9.11 Å². The van der Waals surface area contributed by atoms with E-state index >= 15 is 0 Å². The molecule has 0 atom stereocenters. The van der Waals surface area contributed by atoms with E-state index in [-0.39, 0.29) is 24.6 Å². The second kappa shape index (κ2) is 21.4. The smallest absolute Gasteiger partial charge is 0.264 e. The number of unbranched alkanes of at least 4 members (excludes halogenated alkanes) is 11. The number of carbonyl (C=O) groups is 1. The summed E-state index contributed by atoms with van der Waals surface area (Å²) in [6, 6.07) is 0. The van der Waals surface area contributed by atoms with E-state index in [0.717, 1.165) is 25.7 Å². The summed E-state index contributed by atoms with van der Waals surface area (Å²) < 4.78 is 31.6. The van der Waals surface area contributed by atoms with E-state index in [1.807, 2.05) is 0 Å². The normalized spacial score (nSPS) is 12.6. The molecular formula is C21H45O8PS. The Hall–Kier alpha value is -0.410. The number of allylic oxidation sites excluding steroid dienone is 2. The Kier molecular flexibility index (Phi) is 22.7. The summed E-state index contributed by atoms with van der Waals surface area (Å²) in [5, 5.41) is 27.9. The van der Waals surface area contributed by atoms with Crippen molar-refractivity contribution >= 4 is 23.2 Å². The summed E-state index contributed by atoms with van der Waals surface area (Å²) in [6.07, 6.45) is 19.7. The first-order valence-electron chi connectivity index (χ1n) is 11.4. The van der Waals surface area contributed by atoms with Gasteiger partial charge in [0.25, 0.3) is 0 Å². The van der Waals surface area contributed by atoms with Crippen molar-refractivity contribution in [3.8, 4) is 0 Å². The van der Waals surface area contributed by atoms with Crippen LogP contribution < -0.4 is 0 Å². The van der Waals surface area contributed by atoms with Crippen molar-refractivity contribution in [2.75, 3.05) is 19.0 Å². The fourth-order valence-electron chi connectivity index (χ4n) is 3.04. The van der Waals surface area contributed by atoms with Gasteiger partial charge in [-0.05, 0) is 0 Å². The molecule has 0 saturated heterocycles. The topological polar surface area (TPSA) is 152 Å². The van der Waals surface area contributed by atoms with Gasteiger partial charge in [-0.15, -0.1) is 0 Å². The van der Waals surface area contributed by atoms with Crippen molar-refractivity contribution in [2.45, 2.75) is 96.8 Å². The van der Waals surface area contributed by atoms with Crippen LogP contribution in [0.2, 0.25) is 0 Å². The van der Waals surface area contributed by atoms with E-state index < -0.39 is 17.7 Å². The minimum Gasteiger partial charge on any atom is -0.264 e. The van der Waals surface area contributed by atoms with E-state index in [1.54, 1.807) is 0 Å². The average molecular weight is 489 g/mol. The van der Waals surface area contributed by atoms with E-state index in [1.165, 1.54) is 57.8 Å². The summed E-state index contributed by atoms with van der Waals surface area (Å²) in [5.41, 5.74) is -0.0948. The van der Waals surface area contributed by atoms with Crippen LogP contribution in [0.4, 0.5) is 0 Å². The minimum absolute atomic E-state index is 0.0948. The van der Waals surface area contributed by atoms with Gasteiger partial charge in [0, 0.05) is 0 Å². The monoisotopic (exact) mass is 488 g/mol. The fraction of sp³-hybridized carbons (Fsp3) is 0.857. The first-order chi connectivity index (χ1) is 14.7. The molecular weight excluding hydrogens is 443 g/mol. The summed E-state index contributed by atoms with van der Waals surface area (Å²) in [4.78, 5) is 12.1. The van der Waals surface area contributed by atoms with Crippen molar-refractivity contribution in [1.29, 1.82) is 0 Å². The molecule has 31 heavy (non-hydrogen) atoms. The maximum atomic E-state index is 12.1. The van der Waals surface area contributed by atoms with Crippen molar-refractivity contribution in [2.24, 2.45) is 0 Å². The van der Waals surface area contributed by atoms with Gasteiger partial charge in [0.2, 0.25) is 0 Å². The SMILES string of the molecule is CCCCCCCCC=CCCCCCCCC(=O)[PH](CO)(CO)CO.O=S(=O)(O)O. The Bertz CT molecular complexity index is 531. The Morgan fingerprint density at radius 2 is 1.06 bits per heavy atom. The van der Waals surface area contributed by atoms with Crippen LogP contribution in [0.5, 0.6) is 0 Å². The third-order valence-corrected chi connectivity index (χ3v) is 8.41. The fourth-order valence-corrected chi connectivity index (χ4v) is 4.57. The zero-order valence-electron chi connectivity index (χ0n) is 19.0. The van der Waals surface area contributed by atoms with Crippen molar-refractivity contribution < 1.29 is 37.6 Å². The van der Waals surface area contributed by atoms with Crippen LogP contribution in [0.25, 0.3) is 0 Å². The van der Waals surface area contributed by atoms with Crippen molar-refractivity contribution in [3.05, 3.63) is 12.2 Å². The van der Waals surface area contributed by atoms with Crippen LogP contribution in [0, 0.1) is 0 Å². The molecule has 0 radical (unpaired) electrons. The van der Waals surface area contributed by atoms with Crippen molar-refractivity contribution in [3.63, 3.8) is 0 Å². The number of aliphatic hydroxyl groups is 3. The van der Waals surface area contributed by atoms with Crippen LogP contribution in [0.15, 0.2) is 12.2 Å². The Morgan fingerprint density at radius 1 is 0.710 bits per heavy atom. The molecule has 0 rings (SSSR count). The van der Waals surface area contributed by atoms with E-state index in [9.17, 15) is 20.1 Å². The van der Waals surface area contributed by atoms with Crippen LogP contribution in [0.3, 0.4) is 0 Å². The predicted octanol–water partition coefficient (Wildman–Crippen LogP) is 4.50. The zero-order chi connectivity index (χ0) is 24.0. The van der Waals surface area contributed by atoms with Gasteiger partial charge in [-0.2, -0.15) is 8.42 Å². The standard InChI is InChI=1S/C21H43O4P.H2O4S/c1-2-3-4-5-6-7-8-9-10-11-12-13-14-15-16-17-21(25)26(18-22,19-23)20-24;1-5(2,3)4/h9-10,22-24,26H,2-8,11-20H2,1H3;(H2,1,2,3,4). The molecule has 0 bridgehead atoms. The van der Waals surface area contributed by atoms with Crippen LogP contribution >= 0.6 is 7.26 Å². The molecule has 0 aliphatic carbocycles. The molecule has 0 amide bonds. The first kappa shape index (κ1) is 32.8. The van der Waals surface area contributed by atoms with Gasteiger partial charge in [0.1, 0.15) is 0 Å². The number of hydrogen-bond donors (Lipinski definition) is 5. The molecule has 0 aliphatic heterocycles. The van der Waals surface area contributed by atoms with Crippen LogP contribution in [-0.2, 0) is 15.2 Å². The van der Waals surface area contributed by atoms with Gasteiger partial charge < -0.3 is 0 Å². The van der Waals surface area contributed by atoms with Crippen molar-refractivity contribution in [1.82, 2.24) is 0 Å². The predicted molar refractivity (Wildman–Crippen MR) is 128 cm³/mol. The minimum atomic E-state index is -4.67. The van der Waals surface area contributed by atoms with Gasteiger partial charge >= 0.3 is 132 Å². The molecule has 0 aromatic carbocycles. The maximum absolute atomic E-state index is 12.1. The molecule has 5 N–H and O–H groups in total. The second-order valence-corrected chi connectivity index (χ2v) is 12.9. The Balaban J connectivity index is 0. The van der Waals surface area contributed by atoms with Gasteiger partial charge in [0.15, 0.2) is 0 Å². The van der Waals surface area contributed by atoms with Gasteiger partial charge in [-0.25, -0.2) is 0 Å². The molecule has 0 heterocycles. The molecule has 8 nitrogen and oxygen atoms in total. The Morgan fingerprint density at radius 3 is 1.45 bits per heavy atom. The first-order valence-corrected chi connectivity index (χ1v) is 15.4. The van der Waals surface area contributed by atoms with E-state index in [4.69, 9.17) is 17.5 Å².